The molecule has 0 saturated heterocycles. The third-order valence-electron chi connectivity index (χ3n) is 1.43. The molecule has 1 rings (SSSR count). The number of hydrogen-bond acceptors (Lipinski definition) is 5. The average molecular weight is 203 g/mol. The molecule has 0 bridgehead atoms. The van der Waals surface area contributed by atoms with Gasteiger partial charge in [-0.25, -0.2) is 0 Å². The minimum Gasteiger partial charge on any atom is -0.399 e. The highest BCUT2D eigenvalue weighted by Gasteiger charge is 2.17. The number of benzene rings is 1. The third kappa shape index (κ3) is 1.82. The van der Waals surface area contributed by atoms with Crippen molar-refractivity contribution in [1.82, 2.24) is 0 Å². The highest BCUT2D eigenvalue weighted by Crippen LogP contribution is 2.27. The van der Waals surface area contributed by atoms with Gasteiger partial charge in [-0.15, -0.1) is 0 Å². The van der Waals surface area contributed by atoms with Crippen LogP contribution in [-0.2, 0) is 10.1 Å². The zero-order valence-corrected chi connectivity index (χ0v) is 7.38. The molecule has 0 atom stereocenters. The molecule has 0 heterocycles. The van der Waals surface area contributed by atoms with Gasteiger partial charge in [-0.2, -0.15) is 8.42 Å². The van der Waals surface area contributed by atoms with Gasteiger partial charge in [0.1, 0.15) is 4.90 Å². The minimum atomic E-state index is -4.39. The highest BCUT2D eigenvalue weighted by atomic mass is 32.2. The van der Waals surface area contributed by atoms with Gasteiger partial charge >= 0.3 is 0 Å². The second kappa shape index (κ2) is 2.79. The van der Waals surface area contributed by atoms with Crippen molar-refractivity contribution in [3.63, 3.8) is 0 Å². The van der Waals surface area contributed by atoms with Gasteiger partial charge in [-0.3, -0.25) is 4.55 Å². The van der Waals surface area contributed by atoms with E-state index in [2.05, 4.69) is 0 Å². The Balaban J connectivity index is 3.57. The van der Waals surface area contributed by atoms with E-state index in [1.54, 1.807) is 0 Å². The molecule has 0 aliphatic carbocycles. The number of nitrogens with two attached hydrogens (primary N) is 3. The summed E-state index contributed by atoms with van der Waals surface area (Å²) in [6, 6.07) is 2.42. The van der Waals surface area contributed by atoms with E-state index in [4.69, 9.17) is 21.8 Å². The van der Waals surface area contributed by atoms with E-state index < -0.39 is 15.0 Å². The Morgan fingerprint density at radius 2 is 1.46 bits per heavy atom. The van der Waals surface area contributed by atoms with Crippen LogP contribution < -0.4 is 17.2 Å². The van der Waals surface area contributed by atoms with Crippen LogP contribution in [0.25, 0.3) is 0 Å². The summed E-state index contributed by atoms with van der Waals surface area (Å²) in [5.74, 6) is 0. The summed E-state index contributed by atoms with van der Waals surface area (Å²) in [6.07, 6.45) is 0. The fraction of sp³-hybridized carbons (Fsp3) is 0. The maximum absolute atomic E-state index is 10.7. The van der Waals surface area contributed by atoms with Gasteiger partial charge in [0.05, 0.1) is 11.4 Å². The van der Waals surface area contributed by atoms with Crippen molar-refractivity contribution in [2.24, 2.45) is 0 Å². The molecule has 0 spiro atoms. The molecule has 7 N–H and O–H groups in total. The third-order valence-corrected chi connectivity index (χ3v) is 2.41. The monoisotopic (exact) mass is 203 g/mol. The molecule has 1 aromatic rings. The Kier molecular flexibility index (Phi) is 2.06. The molecule has 1 aromatic carbocycles. The zero-order valence-electron chi connectivity index (χ0n) is 6.56. The zero-order chi connectivity index (χ0) is 10.2. The van der Waals surface area contributed by atoms with Gasteiger partial charge in [0.2, 0.25) is 0 Å². The van der Waals surface area contributed by atoms with E-state index >= 15 is 0 Å². The Bertz CT molecular complexity index is 417. The molecular weight excluding hydrogens is 194 g/mol. The van der Waals surface area contributed by atoms with Crippen LogP contribution >= 0.6 is 0 Å². The summed E-state index contributed by atoms with van der Waals surface area (Å²) in [5, 5.41) is 0. The van der Waals surface area contributed by atoms with E-state index in [1.165, 1.54) is 12.1 Å². The summed E-state index contributed by atoms with van der Waals surface area (Å²) in [7, 11) is -4.39. The van der Waals surface area contributed by atoms with Crippen LogP contribution in [0.3, 0.4) is 0 Å². The summed E-state index contributed by atoms with van der Waals surface area (Å²) in [6.45, 7) is 0. The first-order chi connectivity index (χ1) is 5.82. The summed E-state index contributed by atoms with van der Waals surface area (Å²) >= 11 is 0. The maximum atomic E-state index is 10.7. The van der Waals surface area contributed by atoms with E-state index in [-0.39, 0.29) is 17.1 Å². The lowest BCUT2D eigenvalue weighted by Crippen LogP contribution is -2.07. The SMILES string of the molecule is Nc1cc(N)c(S(=O)(=O)O)c(N)c1. The largest absolute Gasteiger partial charge is 0.399 e. The van der Waals surface area contributed by atoms with Crippen molar-refractivity contribution < 1.29 is 13.0 Å². The Labute approximate surface area is 75.1 Å². The molecule has 0 unspecified atom stereocenters. The number of nitrogen functional groups attached to an aromatic ring is 3. The molecule has 13 heavy (non-hydrogen) atoms. The van der Waals surface area contributed by atoms with E-state index in [9.17, 15) is 8.42 Å². The van der Waals surface area contributed by atoms with Gasteiger partial charge < -0.3 is 17.2 Å². The van der Waals surface area contributed by atoms with Gasteiger partial charge in [-0.05, 0) is 12.1 Å². The minimum absolute atomic E-state index is 0.167. The van der Waals surface area contributed by atoms with Crippen LogP contribution in [-0.4, -0.2) is 13.0 Å². The number of anilines is 3. The smallest absolute Gasteiger partial charge is 0.298 e. The first-order valence-electron chi connectivity index (χ1n) is 3.24. The average Bonchev–Trinajstić information content (AvgIpc) is 1.78. The van der Waals surface area contributed by atoms with E-state index in [1.807, 2.05) is 0 Å². The molecule has 72 valence electrons. The number of hydrogen-bond donors (Lipinski definition) is 4. The molecule has 0 aliphatic heterocycles. The van der Waals surface area contributed by atoms with Crippen molar-refractivity contribution in [2.45, 2.75) is 4.90 Å². The Hall–Kier alpha value is -1.47. The lowest BCUT2D eigenvalue weighted by molar-refractivity contribution is 0.484. The van der Waals surface area contributed by atoms with Gasteiger partial charge in [0.25, 0.3) is 10.1 Å². The maximum Gasteiger partial charge on any atom is 0.298 e. The van der Waals surface area contributed by atoms with Crippen molar-refractivity contribution in [3.8, 4) is 0 Å². The lowest BCUT2D eigenvalue weighted by Gasteiger charge is -2.06. The second-order valence-corrected chi connectivity index (χ2v) is 3.86. The Morgan fingerprint density at radius 1 is 1.08 bits per heavy atom. The fourth-order valence-corrected chi connectivity index (χ4v) is 1.71. The molecule has 7 heteroatoms. The van der Waals surface area contributed by atoms with Crippen LogP contribution in [0, 0.1) is 0 Å². The van der Waals surface area contributed by atoms with Crippen molar-refractivity contribution >= 4 is 27.2 Å². The molecular formula is C6H9N3O3S. The fourth-order valence-electron chi connectivity index (χ4n) is 0.996. The van der Waals surface area contributed by atoms with Crippen molar-refractivity contribution in [3.05, 3.63) is 12.1 Å². The van der Waals surface area contributed by atoms with Crippen LogP contribution in [0.2, 0.25) is 0 Å². The molecule has 0 radical (unpaired) electrons. The second-order valence-electron chi connectivity index (χ2n) is 2.50. The topological polar surface area (TPSA) is 132 Å². The molecule has 6 nitrogen and oxygen atoms in total. The van der Waals surface area contributed by atoms with Crippen LogP contribution in [0.4, 0.5) is 17.1 Å². The van der Waals surface area contributed by atoms with Crippen LogP contribution in [0.5, 0.6) is 0 Å². The predicted octanol–water partition coefficient (Wildman–Crippen LogP) is -0.320. The first-order valence-corrected chi connectivity index (χ1v) is 4.68. The summed E-state index contributed by atoms with van der Waals surface area (Å²) in [4.78, 5) is -0.498. The molecule has 0 aromatic heterocycles. The lowest BCUT2D eigenvalue weighted by atomic mass is 10.2. The van der Waals surface area contributed by atoms with Crippen molar-refractivity contribution in [1.29, 1.82) is 0 Å². The normalized spacial score (nSPS) is 11.5. The van der Waals surface area contributed by atoms with E-state index in [0.717, 1.165) is 0 Å². The molecule has 0 amide bonds. The predicted molar refractivity (Wildman–Crippen MR) is 49.5 cm³/mol. The van der Waals surface area contributed by atoms with E-state index in [0.29, 0.717) is 0 Å². The molecule has 0 saturated carbocycles. The molecule has 0 aliphatic rings. The highest BCUT2D eigenvalue weighted by molar-refractivity contribution is 7.86. The molecule has 0 fully saturated rings. The summed E-state index contributed by atoms with van der Waals surface area (Å²) < 4.78 is 30.2. The van der Waals surface area contributed by atoms with Crippen molar-refractivity contribution in [2.75, 3.05) is 17.2 Å². The summed E-state index contributed by atoms with van der Waals surface area (Å²) in [5.41, 5.74) is 15.9. The van der Waals surface area contributed by atoms with Crippen LogP contribution in [0.1, 0.15) is 0 Å². The van der Waals surface area contributed by atoms with Crippen LogP contribution in [0.15, 0.2) is 17.0 Å². The quantitative estimate of drug-likeness (QED) is 0.365. The van der Waals surface area contributed by atoms with Gasteiger partial charge in [-0.1, -0.05) is 0 Å². The standard InChI is InChI=1S/C6H9N3O3S/c7-3-1-4(8)6(5(9)2-3)13(10,11)12/h1-2H,7-9H2,(H,10,11,12). The first kappa shape index (κ1) is 9.62. The van der Waals surface area contributed by atoms with Gasteiger partial charge in [0, 0.05) is 5.69 Å². The number of rotatable bonds is 1. The van der Waals surface area contributed by atoms with Gasteiger partial charge in [0.15, 0.2) is 0 Å². The Morgan fingerprint density at radius 3 is 1.77 bits per heavy atom.